The SMILES string of the molecule is CCC(=O)N1CCC(NC(=NC)NCc2ccc(CN3CCN(C)CC3)cc2)C1. The van der Waals surface area contributed by atoms with Crippen molar-refractivity contribution in [2.75, 3.05) is 53.4 Å². The first kappa shape index (κ1) is 21.6. The van der Waals surface area contributed by atoms with Crippen LogP contribution in [-0.4, -0.2) is 86.0 Å². The summed E-state index contributed by atoms with van der Waals surface area (Å²) in [7, 11) is 3.98. The first-order valence-electron chi connectivity index (χ1n) is 10.8. The van der Waals surface area contributed by atoms with E-state index in [-0.39, 0.29) is 11.9 Å². The van der Waals surface area contributed by atoms with Gasteiger partial charge in [0.1, 0.15) is 0 Å². The van der Waals surface area contributed by atoms with Crippen LogP contribution in [0, 0.1) is 0 Å². The van der Waals surface area contributed by atoms with Crippen LogP contribution < -0.4 is 10.6 Å². The molecule has 2 N–H and O–H groups in total. The van der Waals surface area contributed by atoms with Gasteiger partial charge in [0.15, 0.2) is 5.96 Å². The number of guanidine groups is 1. The molecule has 29 heavy (non-hydrogen) atoms. The maximum absolute atomic E-state index is 11.8. The molecule has 1 aromatic carbocycles. The van der Waals surface area contributed by atoms with Crippen molar-refractivity contribution in [1.82, 2.24) is 25.3 Å². The van der Waals surface area contributed by atoms with Crippen LogP contribution in [0.15, 0.2) is 29.3 Å². The molecule has 3 rings (SSSR count). The van der Waals surface area contributed by atoms with Crippen molar-refractivity contribution in [2.24, 2.45) is 4.99 Å². The van der Waals surface area contributed by atoms with Crippen molar-refractivity contribution in [1.29, 1.82) is 0 Å². The number of rotatable bonds is 6. The molecule has 0 aromatic heterocycles. The summed E-state index contributed by atoms with van der Waals surface area (Å²) in [5, 5.41) is 6.84. The van der Waals surface area contributed by atoms with E-state index in [0.717, 1.165) is 64.7 Å². The van der Waals surface area contributed by atoms with E-state index in [2.05, 4.69) is 56.7 Å². The van der Waals surface area contributed by atoms with Gasteiger partial charge < -0.3 is 20.4 Å². The molecule has 160 valence electrons. The highest BCUT2D eigenvalue weighted by molar-refractivity contribution is 5.80. The lowest BCUT2D eigenvalue weighted by molar-refractivity contribution is -0.129. The summed E-state index contributed by atoms with van der Waals surface area (Å²) in [6, 6.07) is 9.13. The van der Waals surface area contributed by atoms with E-state index in [1.165, 1.54) is 11.1 Å². The van der Waals surface area contributed by atoms with Gasteiger partial charge in [0, 0.05) is 71.9 Å². The molecule has 2 saturated heterocycles. The molecule has 0 bridgehead atoms. The standard InChI is InChI=1S/C22H36N6O/c1-4-21(29)28-10-9-20(17-28)25-22(23-2)24-15-18-5-7-19(8-6-18)16-27-13-11-26(3)12-14-27/h5-8,20H,4,9-17H2,1-3H3,(H2,23,24,25). The van der Waals surface area contributed by atoms with Gasteiger partial charge >= 0.3 is 0 Å². The van der Waals surface area contributed by atoms with Crippen LogP contribution in [0.3, 0.4) is 0 Å². The molecule has 0 aliphatic carbocycles. The second-order valence-electron chi connectivity index (χ2n) is 8.14. The minimum atomic E-state index is 0.230. The third-order valence-electron chi connectivity index (χ3n) is 5.89. The lowest BCUT2D eigenvalue weighted by atomic mass is 10.1. The lowest BCUT2D eigenvalue weighted by Gasteiger charge is -2.32. The molecule has 1 atom stereocenters. The van der Waals surface area contributed by atoms with Crippen molar-refractivity contribution in [2.45, 2.75) is 38.9 Å². The monoisotopic (exact) mass is 400 g/mol. The number of likely N-dealkylation sites (tertiary alicyclic amines) is 1. The summed E-state index contributed by atoms with van der Waals surface area (Å²) in [5.41, 5.74) is 2.61. The summed E-state index contributed by atoms with van der Waals surface area (Å²) in [6.45, 7) is 9.86. The first-order chi connectivity index (χ1) is 14.1. The first-order valence-corrected chi connectivity index (χ1v) is 10.8. The van der Waals surface area contributed by atoms with Crippen LogP contribution in [0.4, 0.5) is 0 Å². The normalized spacial score (nSPS) is 21.4. The van der Waals surface area contributed by atoms with Gasteiger partial charge in [-0.2, -0.15) is 0 Å². The summed E-state index contributed by atoms with van der Waals surface area (Å²) in [5.74, 6) is 1.02. The van der Waals surface area contributed by atoms with Crippen molar-refractivity contribution < 1.29 is 4.79 Å². The zero-order chi connectivity index (χ0) is 20.6. The lowest BCUT2D eigenvalue weighted by Crippen LogP contribution is -2.44. The molecular weight excluding hydrogens is 364 g/mol. The molecule has 0 spiro atoms. The van der Waals surface area contributed by atoms with E-state index >= 15 is 0 Å². The smallest absolute Gasteiger partial charge is 0.222 e. The third-order valence-corrected chi connectivity index (χ3v) is 5.89. The van der Waals surface area contributed by atoms with Crippen molar-refractivity contribution in [3.8, 4) is 0 Å². The van der Waals surface area contributed by atoms with Crippen LogP contribution in [0.2, 0.25) is 0 Å². The van der Waals surface area contributed by atoms with Gasteiger partial charge in [-0.05, 0) is 24.6 Å². The molecule has 7 heteroatoms. The molecule has 0 radical (unpaired) electrons. The Morgan fingerprint density at radius 1 is 1.10 bits per heavy atom. The Labute approximate surface area is 175 Å². The van der Waals surface area contributed by atoms with Crippen molar-refractivity contribution in [3.63, 3.8) is 0 Å². The third kappa shape index (κ3) is 6.44. The van der Waals surface area contributed by atoms with E-state index < -0.39 is 0 Å². The van der Waals surface area contributed by atoms with Crippen LogP contribution in [0.25, 0.3) is 0 Å². The van der Waals surface area contributed by atoms with Gasteiger partial charge in [-0.15, -0.1) is 0 Å². The Hall–Kier alpha value is -2.12. The maximum atomic E-state index is 11.8. The predicted octanol–water partition coefficient (Wildman–Crippen LogP) is 1.11. The Morgan fingerprint density at radius 2 is 1.79 bits per heavy atom. The fraction of sp³-hybridized carbons (Fsp3) is 0.636. The molecule has 2 aliphatic rings. The highest BCUT2D eigenvalue weighted by Gasteiger charge is 2.25. The molecule has 7 nitrogen and oxygen atoms in total. The number of nitrogens with zero attached hydrogens (tertiary/aromatic N) is 4. The van der Waals surface area contributed by atoms with E-state index in [1.807, 2.05) is 11.8 Å². The molecule has 1 amide bonds. The second-order valence-corrected chi connectivity index (χ2v) is 8.14. The summed E-state index contributed by atoms with van der Waals surface area (Å²) in [6.07, 6.45) is 1.54. The predicted molar refractivity (Wildman–Crippen MR) is 118 cm³/mol. The van der Waals surface area contributed by atoms with Gasteiger partial charge in [0.05, 0.1) is 0 Å². The zero-order valence-corrected chi connectivity index (χ0v) is 18.2. The average Bonchev–Trinajstić information content (AvgIpc) is 3.22. The maximum Gasteiger partial charge on any atom is 0.222 e. The topological polar surface area (TPSA) is 63.2 Å². The van der Waals surface area contributed by atoms with E-state index in [4.69, 9.17) is 0 Å². The Kier molecular flexibility index (Phi) is 7.89. The number of carbonyl (C=O) groups is 1. The van der Waals surface area contributed by atoms with Gasteiger partial charge in [-0.3, -0.25) is 14.7 Å². The number of hydrogen-bond acceptors (Lipinski definition) is 4. The zero-order valence-electron chi connectivity index (χ0n) is 18.2. The number of benzene rings is 1. The number of amides is 1. The van der Waals surface area contributed by atoms with Gasteiger partial charge in [0.2, 0.25) is 5.91 Å². The van der Waals surface area contributed by atoms with E-state index in [9.17, 15) is 4.79 Å². The molecular formula is C22H36N6O. The summed E-state index contributed by atoms with van der Waals surface area (Å²) < 4.78 is 0. The number of aliphatic imine (C=N–C) groups is 1. The van der Waals surface area contributed by atoms with Crippen molar-refractivity contribution >= 4 is 11.9 Å². The molecule has 2 aliphatic heterocycles. The summed E-state index contributed by atoms with van der Waals surface area (Å²) >= 11 is 0. The number of piperazine rings is 1. The molecule has 1 aromatic rings. The highest BCUT2D eigenvalue weighted by Crippen LogP contribution is 2.11. The van der Waals surface area contributed by atoms with Gasteiger partial charge in [-0.1, -0.05) is 31.2 Å². The minimum absolute atomic E-state index is 0.230. The van der Waals surface area contributed by atoms with E-state index in [0.29, 0.717) is 6.42 Å². The molecule has 2 heterocycles. The van der Waals surface area contributed by atoms with Crippen LogP contribution >= 0.6 is 0 Å². The molecule has 0 saturated carbocycles. The molecule has 1 unspecified atom stereocenters. The van der Waals surface area contributed by atoms with Crippen LogP contribution in [0.1, 0.15) is 30.9 Å². The van der Waals surface area contributed by atoms with Crippen molar-refractivity contribution in [3.05, 3.63) is 35.4 Å². The largest absolute Gasteiger partial charge is 0.352 e. The Morgan fingerprint density at radius 3 is 2.45 bits per heavy atom. The fourth-order valence-corrected chi connectivity index (χ4v) is 3.93. The van der Waals surface area contributed by atoms with Crippen LogP contribution in [0.5, 0.6) is 0 Å². The molecule has 2 fully saturated rings. The fourth-order valence-electron chi connectivity index (χ4n) is 3.93. The second kappa shape index (κ2) is 10.6. The quantitative estimate of drug-likeness (QED) is 0.553. The average molecular weight is 401 g/mol. The number of carbonyl (C=O) groups excluding carboxylic acids is 1. The van der Waals surface area contributed by atoms with E-state index in [1.54, 1.807) is 7.05 Å². The summed E-state index contributed by atoms with van der Waals surface area (Å²) in [4.78, 5) is 23.0. The van der Waals surface area contributed by atoms with Gasteiger partial charge in [0.25, 0.3) is 0 Å². The Bertz CT molecular complexity index is 681. The number of likely N-dealkylation sites (N-methyl/N-ethyl adjacent to an activating group) is 1. The van der Waals surface area contributed by atoms with Gasteiger partial charge in [-0.25, -0.2) is 0 Å². The minimum Gasteiger partial charge on any atom is -0.352 e. The highest BCUT2D eigenvalue weighted by atomic mass is 16.2. The number of nitrogens with one attached hydrogen (secondary N) is 2. The number of hydrogen-bond donors (Lipinski definition) is 2. The Balaban J connectivity index is 1.42. The van der Waals surface area contributed by atoms with Crippen LogP contribution in [-0.2, 0) is 17.9 Å².